The van der Waals surface area contributed by atoms with Crippen LogP contribution in [0.2, 0.25) is 0 Å². The summed E-state index contributed by atoms with van der Waals surface area (Å²) in [6.07, 6.45) is 0. The van der Waals surface area contributed by atoms with E-state index in [9.17, 15) is 4.79 Å². The van der Waals surface area contributed by atoms with Crippen molar-refractivity contribution in [2.24, 2.45) is 0 Å². The van der Waals surface area contributed by atoms with Gasteiger partial charge in [-0.15, -0.1) is 0 Å². The molecule has 5 heteroatoms. The Kier molecular flexibility index (Phi) is 20.6. The molecule has 18 heavy (non-hydrogen) atoms. The highest BCUT2D eigenvalue weighted by Crippen LogP contribution is 2.12. The van der Waals surface area contributed by atoms with Crippen molar-refractivity contribution in [2.75, 3.05) is 19.4 Å². The van der Waals surface area contributed by atoms with Gasteiger partial charge in [0.1, 0.15) is 13.6 Å². The zero-order chi connectivity index (χ0) is 15.0. The number of nitrogens with one attached hydrogen (secondary N) is 2. The summed E-state index contributed by atoms with van der Waals surface area (Å²) in [5, 5.41) is 5.48. The largest absolute Gasteiger partial charge is 0.326 e. The third kappa shape index (κ3) is 14.0. The molecule has 0 bridgehead atoms. The van der Waals surface area contributed by atoms with Gasteiger partial charge in [-0.05, 0) is 32.6 Å². The number of carbonyl (C=O) groups excluding carboxylic acids is 3. The van der Waals surface area contributed by atoms with Crippen molar-refractivity contribution < 1.29 is 14.4 Å². The molecule has 0 unspecified atom stereocenters. The molecule has 0 spiro atoms. The summed E-state index contributed by atoms with van der Waals surface area (Å²) < 4.78 is 0. The summed E-state index contributed by atoms with van der Waals surface area (Å²) in [5.74, 6) is -0.0284. The molecule has 0 aliphatic heterocycles. The van der Waals surface area contributed by atoms with E-state index in [0.717, 1.165) is 11.3 Å². The fourth-order valence-corrected chi connectivity index (χ4v) is 0.903. The van der Waals surface area contributed by atoms with Gasteiger partial charge in [-0.1, -0.05) is 18.2 Å². The van der Waals surface area contributed by atoms with Gasteiger partial charge in [0.2, 0.25) is 5.91 Å². The molecule has 1 aromatic carbocycles. The average molecular weight is 254 g/mol. The Morgan fingerprint density at radius 2 is 1.44 bits per heavy atom. The van der Waals surface area contributed by atoms with Crippen LogP contribution in [-0.4, -0.2) is 33.6 Å². The molecule has 0 aliphatic carbocycles. The average Bonchev–Trinajstić information content (AvgIpc) is 2.38. The number of anilines is 1. The van der Waals surface area contributed by atoms with E-state index in [4.69, 9.17) is 9.59 Å². The molecule has 1 amide bonds. The van der Waals surface area contributed by atoms with E-state index in [0.29, 0.717) is 0 Å². The highest BCUT2D eigenvalue weighted by Gasteiger charge is 1.96. The maximum absolute atomic E-state index is 10.7. The highest BCUT2D eigenvalue weighted by molar-refractivity contribution is 5.89. The van der Waals surface area contributed by atoms with E-state index >= 15 is 0 Å². The lowest BCUT2D eigenvalue weighted by Gasteiger charge is -2.03. The van der Waals surface area contributed by atoms with E-state index in [1.807, 2.05) is 58.9 Å². The Hall–Kier alpha value is -2.01. The van der Waals surface area contributed by atoms with Crippen LogP contribution < -0.4 is 10.6 Å². The van der Waals surface area contributed by atoms with Crippen LogP contribution in [0.3, 0.4) is 0 Å². The van der Waals surface area contributed by atoms with Crippen molar-refractivity contribution in [3.63, 3.8) is 0 Å². The molecule has 102 valence electrons. The van der Waals surface area contributed by atoms with Crippen LogP contribution >= 0.6 is 0 Å². The molecule has 5 nitrogen and oxygen atoms in total. The standard InChI is InChI=1S/C9H11NO.C2H7N.2CH2O/c1-7-5-3-4-6-9(7)10-8(2)11;1-3-2;2*1-2/h3-6H,1-2H3,(H,10,11);3H,1-2H3;2*1H2. The smallest absolute Gasteiger partial charge is 0.221 e. The Morgan fingerprint density at radius 3 is 1.78 bits per heavy atom. The Labute approximate surface area is 109 Å². The monoisotopic (exact) mass is 254 g/mol. The van der Waals surface area contributed by atoms with Crippen LogP contribution in [0.5, 0.6) is 0 Å². The molecular formula is C13H22N2O3. The first kappa shape index (κ1) is 21.3. The molecule has 0 saturated heterocycles. The minimum atomic E-state index is -0.0284. The van der Waals surface area contributed by atoms with Crippen LogP contribution in [0.15, 0.2) is 24.3 Å². The molecule has 0 aliphatic rings. The van der Waals surface area contributed by atoms with E-state index in [2.05, 4.69) is 10.6 Å². The SMILES string of the molecule is C=O.C=O.CC(=O)Nc1ccccc1C.CNC. The van der Waals surface area contributed by atoms with Gasteiger partial charge in [0, 0.05) is 12.6 Å². The van der Waals surface area contributed by atoms with Crippen molar-refractivity contribution in [3.05, 3.63) is 29.8 Å². The summed E-state index contributed by atoms with van der Waals surface area (Å²) >= 11 is 0. The molecule has 0 atom stereocenters. The Morgan fingerprint density at radius 1 is 1.06 bits per heavy atom. The zero-order valence-corrected chi connectivity index (χ0v) is 11.4. The van der Waals surface area contributed by atoms with Crippen molar-refractivity contribution in [1.29, 1.82) is 0 Å². The lowest BCUT2D eigenvalue weighted by Crippen LogP contribution is -2.06. The first-order chi connectivity index (χ1) is 8.61. The number of hydrogen-bond acceptors (Lipinski definition) is 4. The second kappa shape index (κ2) is 17.4. The van der Waals surface area contributed by atoms with Gasteiger partial charge in [0.25, 0.3) is 0 Å². The molecular weight excluding hydrogens is 232 g/mol. The fourth-order valence-electron chi connectivity index (χ4n) is 0.903. The van der Waals surface area contributed by atoms with Crippen molar-refractivity contribution in [1.82, 2.24) is 5.32 Å². The summed E-state index contributed by atoms with van der Waals surface area (Å²) in [7, 11) is 3.75. The molecule has 0 saturated carbocycles. The lowest BCUT2D eigenvalue weighted by molar-refractivity contribution is -0.114. The predicted octanol–water partition coefficient (Wildman–Crippen LogP) is 1.42. The lowest BCUT2D eigenvalue weighted by atomic mass is 10.2. The van der Waals surface area contributed by atoms with Crippen molar-refractivity contribution in [3.8, 4) is 0 Å². The molecule has 1 aromatic rings. The zero-order valence-electron chi connectivity index (χ0n) is 11.4. The van der Waals surface area contributed by atoms with E-state index in [-0.39, 0.29) is 5.91 Å². The maximum Gasteiger partial charge on any atom is 0.221 e. The number of rotatable bonds is 1. The summed E-state index contributed by atoms with van der Waals surface area (Å²) in [6, 6.07) is 7.70. The van der Waals surface area contributed by atoms with Crippen LogP contribution in [0.25, 0.3) is 0 Å². The number of benzene rings is 1. The maximum atomic E-state index is 10.7. The Balaban J connectivity index is -0.000000274. The van der Waals surface area contributed by atoms with Gasteiger partial charge < -0.3 is 20.2 Å². The van der Waals surface area contributed by atoms with E-state index in [1.165, 1.54) is 6.92 Å². The van der Waals surface area contributed by atoms with Gasteiger partial charge in [-0.25, -0.2) is 0 Å². The molecule has 2 N–H and O–H groups in total. The van der Waals surface area contributed by atoms with Gasteiger partial charge in [0.15, 0.2) is 0 Å². The third-order valence-electron chi connectivity index (χ3n) is 1.46. The van der Waals surface area contributed by atoms with E-state index < -0.39 is 0 Å². The van der Waals surface area contributed by atoms with Crippen molar-refractivity contribution >= 4 is 25.2 Å². The summed E-state index contributed by atoms with van der Waals surface area (Å²) in [5.41, 5.74) is 1.97. The van der Waals surface area contributed by atoms with Gasteiger partial charge in [-0.2, -0.15) is 0 Å². The number of para-hydroxylation sites is 1. The summed E-state index contributed by atoms with van der Waals surface area (Å²) in [4.78, 5) is 26.7. The van der Waals surface area contributed by atoms with Crippen LogP contribution in [0.1, 0.15) is 12.5 Å². The predicted molar refractivity (Wildman–Crippen MR) is 74.7 cm³/mol. The number of hydrogen-bond donors (Lipinski definition) is 2. The third-order valence-corrected chi connectivity index (χ3v) is 1.46. The number of aryl methyl sites for hydroxylation is 1. The number of amides is 1. The van der Waals surface area contributed by atoms with Gasteiger partial charge in [0.05, 0.1) is 0 Å². The quantitative estimate of drug-likeness (QED) is 0.794. The second-order valence-corrected chi connectivity index (χ2v) is 3.00. The van der Waals surface area contributed by atoms with Crippen molar-refractivity contribution in [2.45, 2.75) is 13.8 Å². The normalized spacial score (nSPS) is 7.11. The van der Waals surface area contributed by atoms with Crippen LogP contribution in [-0.2, 0) is 14.4 Å². The molecule has 1 rings (SSSR count). The van der Waals surface area contributed by atoms with Crippen LogP contribution in [0.4, 0.5) is 5.69 Å². The molecule has 0 fully saturated rings. The fraction of sp³-hybridized carbons (Fsp3) is 0.308. The van der Waals surface area contributed by atoms with Gasteiger partial charge >= 0.3 is 0 Å². The topological polar surface area (TPSA) is 75.3 Å². The molecule has 0 radical (unpaired) electrons. The second-order valence-electron chi connectivity index (χ2n) is 3.00. The van der Waals surface area contributed by atoms with E-state index in [1.54, 1.807) is 0 Å². The first-order valence-corrected chi connectivity index (χ1v) is 5.11. The number of carbonyl (C=O) groups is 3. The first-order valence-electron chi connectivity index (χ1n) is 5.11. The van der Waals surface area contributed by atoms with Crippen LogP contribution in [0, 0.1) is 6.92 Å². The Bertz CT molecular complexity index is 315. The molecule has 0 aromatic heterocycles. The highest BCUT2D eigenvalue weighted by atomic mass is 16.1. The van der Waals surface area contributed by atoms with Gasteiger partial charge in [-0.3, -0.25) is 4.79 Å². The minimum Gasteiger partial charge on any atom is -0.326 e. The summed E-state index contributed by atoms with van der Waals surface area (Å²) in [6.45, 7) is 7.47. The molecule has 0 heterocycles. The minimum absolute atomic E-state index is 0.0284.